The SMILES string of the molecule is CCc1cc(C(c2ccccc2)(c2ccc(-c3ccccc3)cc2)c2cc(C)c(N)c(CC)c2)cc(C)c1N. The number of hydrogen-bond acceptors (Lipinski definition) is 2. The minimum absolute atomic E-state index is 0.554. The fourth-order valence-electron chi connectivity index (χ4n) is 5.99. The van der Waals surface area contributed by atoms with Gasteiger partial charge in [-0.05, 0) is 82.3 Å². The van der Waals surface area contributed by atoms with E-state index in [1.165, 1.54) is 44.5 Å². The highest BCUT2D eigenvalue weighted by molar-refractivity contribution is 5.70. The van der Waals surface area contributed by atoms with E-state index in [-0.39, 0.29) is 0 Å². The summed E-state index contributed by atoms with van der Waals surface area (Å²) in [5.41, 5.74) is 26.2. The van der Waals surface area contributed by atoms with Gasteiger partial charge in [-0.25, -0.2) is 0 Å². The zero-order valence-corrected chi connectivity index (χ0v) is 23.5. The Morgan fingerprint density at radius 1 is 0.487 bits per heavy atom. The summed E-state index contributed by atoms with van der Waals surface area (Å²) < 4.78 is 0. The molecule has 0 heterocycles. The fraction of sp³-hybridized carbons (Fsp3) is 0.189. The van der Waals surface area contributed by atoms with Crippen molar-refractivity contribution in [1.82, 2.24) is 0 Å². The largest absolute Gasteiger partial charge is 0.398 e. The average Bonchev–Trinajstić information content (AvgIpc) is 2.98. The van der Waals surface area contributed by atoms with Crippen molar-refractivity contribution < 1.29 is 0 Å². The van der Waals surface area contributed by atoms with Gasteiger partial charge in [-0.1, -0.05) is 123 Å². The Morgan fingerprint density at radius 2 is 0.897 bits per heavy atom. The Kier molecular flexibility index (Phi) is 7.30. The van der Waals surface area contributed by atoms with E-state index in [9.17, 15) is 0 Å². The van der Waals surface area contributed by atoms with E-state index in [1.54, 1.807) is 0 Å². The molecule has 2 heteroatoms. The minimum atomic E-state index is -0.554. The molecule has 0 aliphatic heterocycles. The third-order valence-electron chi connectivity index (χ3n) is 8.20. The van der Waals surface area contributed by atoms with Crippen LogP contribution in [0.2, 0.25) is 0 Å². The molecule has 5 rings (SSSR count). The zero-order chi connectivity index (χ0) is 27.6. The Morgan fingerprint density at radius 3 is 1.36 bits per heavy atom. The van der Waals surface area contributed by atoms with Gasteiger partial charge in [0.15, 0.2) is 0 Å². The molecule has 39 heavy (non-hydrogen) atoms. The number of nitrogen functional groups attached to an aromatic ring is 2. The van der Waals surface area contributed by atoms with Crippen LogP contribution in [0.1, 0.15) is 58.4 Å². The Balaban J connectivity index is 1.90. The molecule has 0 bridgehead atoms. The number of anilines is 2. The average molecular weight is 511 g/mol. The summed E-state index contributed by atoms with van der Waals surface area (Å²) >= 11 is 0. The molecule has 0 aliphatic rings. The molecular formula is C37H38N2. The van der Waals surface area contributed by atoms with Gasteiger partial charge in [0.25, 0.3) is 0 Å². The number of nitrogens with two attached hydrogens (primary N) is 2. The lowest BCUT2D eigenvalue weighted by Crippen LogP contribution is -2.32. The summed E-state index contributed by atoms with van der Waals surface area (Å²) in [6.07, 6.45) is 1.75. The first-order chi connectivity index (χ1) is 18.9. The van der Waals surface area contributed by atoms with Crippen LogP contribution in [0.15, 0.2) is 109 Å². The van der Waals surface area contributed by atoms with E-state index in [2.05, 4.69) is 137 Å². The van der Waals surface area contributed by atoms with E-state index >= 15 is 0 Å². The smallest absolute Gasteiger partial charge is 0.0702 e. The van der Waals surface area contributed by atoms with E-state index < -0.39 is 5.41 Å². The van der Waals surface area contributed by atoms with E-state index in [4.69, 9.17) is 11.5 Å². The van der Waals surface area contributed by atoms with Crippen molar-refractivity contribution in [3.8, 4) is 11.1 Å². The van der Waals surface area contributed by atoms with Crippen molar-refractivity contribution >= 4 is 11.4 Å². The van der Waals surface area contributed by atoms with Crippen molar-refractivity contribution in [1.29, 1.82) is 0 Å². The Hall–Kier alpha value is -4.30. The third-order valence-corrected chi connectivity index (χ3v) is 8.20. The summed E-state index contributed by atoms with van der Waals surface area (Å²) in [5, 5.41) is 0. The standard InChI is InChI=1S/C37H38N2/c1-5-27-23-33(21-25(3)35(27)38)37(31-15-11-8-12-16-31,34-22-26(4)36(39)28(6-2)24-34)32-19-17-30(18-20-32)29-13-9-7-10-14-29/h7-24H,5-6,38-39H2,1-4H3. The van der Waals surface area contributed by atoms with Crippen LogP contribution in [-0.2, 0) is 18.3 Å². The molecule has 0 saturated carbocycles. The maximum absolute atomic E-state index is 6.58. The van der Waals surface area contributed by atoms with Crippen LogP contribution < -0.4 is 11.5 Å². The highest BCUT2D eigenvalue weighted by Gasteiger charge is 2.39. The van der Waals surface area contributed by atoms with Crippen LogP contribution in [-0.4, -0.2) is 0 Å². The number of rotatable bonds is 7. The van der Waals surface area contributed by atoms with Crippen molar-refractivity contribution in [2.75, 3.05) is 11.5 Å². The lowest BCUT2D eigenvalue weighted by molar-refractivity contribution is 0.739. The zero-order valence-electron chi connectivity index (χ0n) is 23.5. The molecule has 5 aromatic rings. The van der Waals surface area contributed by atoms with Crippen LogP contribution in [0, 0.1) is 13.8 Å². The third kappa shape index (κ3) is 4.61. The lowest BCUT2D eigenvalue weighted by Gasteiger charge is -2.38. The first kappa shape index (κ1) is 26.3. The molecule has 0 aliphatic carbocycles. The van der Waals surface area contributed by atoms with Crippen LogP contribution in [0.5, 0.6) is 0 Å². The summed E-state index contributed by atoms with van der Waals surface area (Å²) in [7, 11) is 0. The van der Waals surface area contributed by atoms with Crippen molar-refractivity contribution in [2.45, 2.75) is 46.0 Å². The normalized spacial score (nSPS) is 11.5. The van der Waals surface area contributed by atoms with Crippen molar-refractivity contribution in [2.24, 2.45) is 0 Å². The van der Waals surface area contributed by atoms with Gasteiger partial charge in [-0.15, -0.1) is 0 Å². The molecule has 0 saturated heterocycles. The van der Waals surface area contributed by atoms with Crippen LogP contribution in [0.4, 0.5) is 11.4 Å². The monoisotopic (exact) mass is 510 g/mol. The first-order valence-corrected chi connectivity index (χ1v) is 13.9. The maximum Gasteiger partial charge on any atom is 0.0702 e. The second kappa shape index (κ2) is 10.8. The molecular weight excluding hydrogens is 472 g/mol. The van der Waals surface area contributed by atoms with Gasteiger partial charge >= 0.3 is 0 Å². The van der Waals surface area contributed by atoms with Crippen molar-refractivity contribution in [3.63, 3.8) is 0 Å². The molecule has 0 radical (unpaired) electrons. The highest BCUT2D eigenvalue weighted by Crippen LogP contribution is 2.47. The van der Waals surface area contributed by atoms with Crippen LogP contribution >= 0.6 is 0 Å². The van der Waals surface area contributed by atoms with Gasteiger partial charge in [0.1, 0.15) is 0 Å². The number of hydrogen-bond donors (Lipinski definition) is 2. The lowest BCUT2D eigenvalue weighted by atomic mass is 9.64. The predicted octanol–water partition coefficient (Wildman–Crippen LogP) is 8.64. The van der Waals surface area contributed by atoms with Crippen LogP contribution in [0.25, 0.3) is 11.1 Å². The summed E-state index contributed by atoms with van der Waals surface area (Å²) in [4.78, 5) is 0. The van der Waals surface area contributed by atoms with Gasteiger partial charge in [0.2, 0.25) is 0 Å². The summed E-state index contributed by atoms with van der Waals surface area (Å²) in [6.45, 7) is 8.60. The van der Waals surface area contributed by atoms with Gasteiger partial charge in [0.05, 0.1) is 5.41 Å². The Bertz CT molecular complexity index is 1520. The molecule has 196 valence electrons. The molecule has 0 atom stereocenters. The van der Waals surface area contributed by atoms with E-state index in [0.29, 0.717) is 0 Å². The maximum atomic E-state index is 6.58. The van der Waals surface area contributed by atoms with Gasteiger partial charge in [0, 0.05) is 11.4 Å². The molecule has 4 N–H and O–H groups in total. The van der Waals surface area contributed by atoms with Gasteiger partial charge < -0.3 is 11.5 Å². The van der Waals surface area contributed by atoms with E-state index in [1.807, 2.05) is 0 Å². The van der Waals surface area contributed by atoms with Gasteiger partial charge in [-0.2, -0.15) is 0 Å². The van der Waals surface area contributed by atoms with Gasteiger partial charge in [-0.3, -0.25) is 0 Å². The molecule has 2 nitrogen and oxygen atoms in total. The summed E-state index contributed by atoms with van der Waals surface area (Å²) in [5.74, 6) is 0. The minimum Gasteiger partial charge on any atom is -0.398 e. The molecule has 5 aromatic carbocycles. The molecule has 0 spiro atoms. The predicted molar refractivity (Wildman–Crippen MR) is 167 cm³/mol. The molecule has 0 aromatic heterocycles. The second-order valence-electron chi connectivity index (χ2n) is 10.5. The van der Waals surface area contributed by atoms with Crippen molar-refractivity contribution in [3.05, 3.63) is 154 Å². The topological polar surface area (TPSA) is 52.0 Å². The summed E-state index contributed by atoms with van der Waals surface area (Å²) in [6, 6.07) is 39.7. The Labute approximate surface area is 233 Å². The number of benzene rings is 5. The first-order valence-electron chi connectivity index (χ1n) is 13.9. The van der Waals surface area contributed by atoms with E-state index in [0.717, 1.165) is 35.3 Å². The highest BCUT2D eigenvalue weighted by atomic mass is 14.6. The fourth-order valence-corrected chi connectivity index (χ4v) is 5.99. The molecule has 0 amide bonds. The molecule has 0 fully saturated rings. The number of aryl methyl sites for hydroxylation is 4. The van der Waals surface area contributed by atoms with Crippen LogP contribution in [0.3, 0.4) is 0 Å². The quantitative estimate of drug-likeness (QED) is 0.170. The second-order valence-corrected chi connectivity index (χ2v) is 10.5. The molecule has 0 unspecified atom stereocenters.